The van der Waals surface area contributed by atoms with Gasteiger partial charge in [0.1, 0.15) is 0 Å². The van der Waals surface area contributed by atoms with Crippen molar-refractivity contribution >= 4 is 11.9 Å². The number of carbonyl (C=O) groups excluding carboxylic acids is 1. The first-order chi connectivity index (χ1) is 11.3. The Kier molecular flexibility index (Phi) is 5.76. The van der Waals surface area contributed by atoms with Crippen LogP contribution in [-0.2, 0) is 15.7 Å². The fourth-order valence-electron chi connectivity index (χ4n) is 2.69. The number of carboxylic acid groups (broad SMARTS) is 1. The van der Waals surface area contributed by atoms with Gasteiger partial charge in [0.25, 0.3) is 5.91 Å². The molecule has 1 aromatic heterocycles. The van der Waals surface area contributed by atoms with E-state index in [-0.39, 0.29) is 12.5 Å². The van der Waals surface area contributed by atoms with E-state index in [2.05, 4.69) is 10.3 Å². The first-order valence-corrected chi connectivity index (χ1v) is 7.40. The largest absolute Gasteiger partial charge is 0.481 e. The predicted octanol–water partition coefficient (Wildman–Crippen LogP) is 1.96. The first kappa shape index (κ1) is 18.2. The van der Waals surface area contributed by atoms with E-state index in [4.69, 9.17) is 4.74 Å². The van der Waals surface area contributed by atoms with E-state index in [0.717, 1.165) is 12.3 Å². The molecule has 0 spiro atoms. The molecule has 24 heavy (non-hydrogen) atoms. The van der Waals surface area contributed by atoms with Gasteiger partial charge < -0.3 is 15.2 Å². The maximum atomic E-state index is 12.9. The Balaban J connectivity index is 2.07. The molecule has 2 N–H and O–H groups in total. The summed E-state index contributed by atoms with van der Waals surface area (Å²) in [6.07, 6.45) is -1.99. The summed E-state index contributed by atoms with van der Waals surface area (Å²) >= 11 is 0. The number of nitrogens with zero attached hydrogens (tertiary/aromatic N) is 1. The zero-order valence-electron chi connectivity index (χ0n) is 12.7. The summed E-state index contributed by atoms with van der Waals surface area (Å²) in [6.45, 7) is 0.633. The molecule has 1 aliphatic rings. The lowest BCUT2D eigenvalue weighted by atomic mass is 9.86. The summed E-state index contributed by atoms with van der Waals surface area (Å²) in [5.74, 6) is -3.11. The number of halogens is 3. The van der Waals surface area contributed by atoms with E-state index in [1.165, 1.54) is 0 Å². The number of pyridine rings is 1. The summed E-state index contributed by atoms with van der Waals surface area (Å²) < 4.78 is 43.9. The topological polar surface area (TPSA) is 88.5 Å². The number of hydrogen-bond donors (Lipinski definition) is 2. The summed E-state index contributed by atoms with van der Waals surface area (Å²) in [7, 11) is 0. The summed E-state index contributed by atoms with van der Waals surface area (Å²) in [6, 6.07) is 0.961. The first-order valence-electron chi connectivity index (χ1n) is 7.40. The van der Waals surface area contributed by atoms with Crippen LogP contribution in [-0.4, -0.2) is 41.7 Å². The van der Waals surface area contributed by atoms with Crippen LogP contribution in [0.25, 0.3) is 0 Å². The minimum Gasteiger partial charge on any atom is -0.481 e. The fourth-order valence-corrected chi connectivity index (χ4v) is 2.69. The van der Waals surface area contributed by atoms with Crippen LogP contribution in [0.15, 0.2) is 18.5 Å². The highest BCUT2D eigenvalue weighted by Crippen LogP contribution is 2.31. The Morgan fingerprint density at radius 2 is 2.04 bits per heavy atom. The molecular formula is C15H17F3N2O4. The number of carbonyl (C=O) groups is 2. The van der Waals surface area contributed by atoms with Crippen molar-refractivity contribution in [3.8, 4) is 0 Å². The molecule has 0 bridgehead atoms. The normalized spacial score (nSPS) is 17.3. The molecule has 2 rings (SSSR count). The quantitative estimate of drug-likeness (QED) is 0.851. The lowest BCUT2D eigenvalue weighted by Gasteiger charge is -2.27. The van der Waals surface area contributed by atoms with Gasteiger partial charge in [-0.2, -0.15) is 13.2 Å². The number of amides is 1. The van der Waals surface area contributed by atoms with Crippen molar-refractivity contribution in [3.63, 3.8) is 0 Å². The van der Waals surface area contributed by atoms with Crippen LogP contribution in [0.4, 0.5) is 13.2 Å². The molecule has 1 aromatic rings. The van der Waals surface area contributed by atoms with Crippen molar-refractivity contribution in [2.24, 2.45) is 11.8 Å². The minimum absolute atomic E-state index is 0.184. The second-order valence-electron chi connectivity index (χ2n) is 5.52. The molecule has 1 amide bonds. The van der Waals surface area contributed by atoms with Gasteiger partial charge in [0.2, 0.25) is 0 Å². The lowest BCUT2D eigenvalue weighted by Crippen LogP contribution is -2.39. The second kappa shape index (κ2) is 7.61. The van der Waals surface area contributed by atoms with E-state index in [1.54, 1.807) is 0 Å². The number of aliphatic carboxylic acids is 1. The summed E-state index contributed by atoms with van der Waals surface area (Å²) in [5, 5.41) is 11.6. The molecule has 1 saturated heterocycles. The van der Waals surface area contributed by atoms with Crippen molar-refractivity contribution < 1.29 is 32.6 Å². The SMILES string of the molecule is O=C(NCC(C(=O)O)C1CCOCC1)c1ccncc1C(F)(F)F. The molecule has 0 saturated carbocycles. The number of alkyl halides is 3. The highest BCUT2D eigenvalue weighted by molar-refractivity contribution is 5.95. The fraction of sp³-hybridized carbons (Fsp3) is 0.533. The zero-order chi connectivity index (χ0) is 17.7. The zero-order valence-corrected chi connectivity index (χ0v) is 12.7. The van der Waals surface area contributed by atoms with Gasteiger partial charge in [-0.25, -0.2) is 0 Å². The van der Waals surface area contributed by atoms with Gasteiger partial charge in [-0.15, -0.1) is 0 Å². The average molecular weight is 346 g/mol. The molecule has 132 valence electrons. The van der Waals surface area contributed by atoms with E-state index in [9.17, 15) is 27.9 Å². The third-order valence-corrected chi connectivity index (χ3v) is 4.01. The standard InChI is InChI=1S/C15H17F3N2O4/c16-15(17,18)12-8-19-4-1-10(12)13(21)20-7-11(14(22)23)9-2-5-24-6-3-9/h1,4,8-9,11H,2-3,5-7H2,(H,20,21)(H,22,23). The predicted molar refractivity (Wildman–Crippen MR) is 76.2 cm³/mol. The number of nitrogens with one attached hydrogen (secondary N) is 1. The Hall–Kier alpha value is -2.16. The second-order valence-corrected chi connectivity index (χ2v) is 5.52. The van der Waals surface area contributed by atoms with Crippen molar-refractivity contribution in [3.05, 3.63) is 29.6 Å². The van der Waals surface area contributed by atoms with Crippen molar-refractivity contribution in [1.82, 2.24) is 10.3 Å². The highest BCUT2D eigenvalue weighted by atomic mass is 19.4. The Morgan fingerprint density at radius 3 is 2.62 bits per heavy atom. The number of ether oxygens (including phenoxy) is 1. The lowest BCUT2D eigenvalue weighted by molar-refractivity contribution is -0.144. The molecular weight excluding hydrogens is 329 g/mol. The third kappa shape index (κ3) is 4.44. The molecule has 0 aromatic carbocycles. The minimum atomic E-state index is -4.71. The van der Waals surface area contributed by atoms with Crippen molar-refractivity contribution in [2.45, 2.75) is 19.0 Å². The van der Waals surface area contributed by atoms with E-state index in [1.807, 2.05) is 0 Å². The Bertz CT molecular complexity index is 601. The van der Waals surface area contributed by atoms with Crippen LogP contribution >= 0.6 is 0 Å². The van der Waals surface area contributed by atoms with Crippen LogP contribution in [0.5, 0.6) is 0 Å². The molecule has 1 atom stereocenters. The summed E-state index contributed by atoms with van der Waals surface area (Å²) in [5.41, 5.74) is -1.73. The van der Waals surface area contributed by atoms with Crippen LogP contribution in [0.1, 0.15) is 28.8 Å². The monoisotopic (exact) mass is 346 g/mol. The van der Waals surface area contributed by atoms with E-state index in [0.29, 0.717) is 32.3 Å². The number of carboxylic acids is 1. The van der Waals surface area contributed by atoms with Gasteiger partial charge in [-0.1, -0.05) is 0 Å². The van der Waals surface area contributed by atoms with Crippen LogP contribution in [0.2, 0.25) is 0 Å². The molecule has 1 aliphatic heterocycles. The average Bonchev–Trinajstić information content (AvgIpc) is 2.54. The van der Waals surface area contributed by atoms with Gasteiger partial charge in [0, 0.05) is 32.2 Å². The maximum Gasteiger partial charge on any atom is 0.418 e. The molecule has 6 nitrogen and oxygen atoms in total. The third-order valence-electron chi connectivity index (χ3n) is 4.01. The molecule has 2 heterocycles. The molecule has 1 unspecified atom stereocenters. The molecule has 0 aliphatic carbocycles. The number of hydrogen-bond acceptors (Lipinski definition) is 4. The van der Waals surface area contributed by atoms with Crippen molar-refractivity contribution in [2.75, 3.05) is 19.8 Å². The van der Waals surface area contributed by atoms with Crippen molar-refractivity contribution in [1.29, 1.82) is 0 Å². The van der Waals surface area contributed by atoms with Crippen LogP contribution in [0, 0.1) is 11.8 Å². The molecule has 9 heteroatoms. The molecule has 1 fully saturated rings. The van der Waals surface area contributed by atoms with Gasteiger partial charge in [0.15, 0.2) is 0 Å². The highest BCUT2D eigenvalue weighted by Gasteiger charge is 2.36. The van der Waals surface area contributed by atoms with E-state index < -0.39 is 35.1 Å². The maximum absolute atomic E-state index is 12.9. The van der Waals surface area contributed by atoms with E-state index >= 15 is 0 Å². The van der Waals surface area contributed by atoms with Gasteiger partial charge in [-0.3, -0.25) is 14.6 Å². The molecule has 0 radical (unpaired) electrons. The van der Waals surface area contributed by atoms with Gasteiger partial charge in [-0.05, 0) is 24.8 Å². The smallest absolute Gasteiger partial charge is 0.418 e. The Labute approximate surface area is 136 Å². The van der Waals surface area contributed by atoms with Gasteiger partial charge >= 0.3 is 12.1 Å². The number of rotatable bonds is 5. The van der Waals surface area contributed by atoms with Crippen LogP contribution < -0.4 is 5.32 Å². The van der Waals surface area contributed by atoms with Gasteiger partial charge in [0.05, 0.1) is 17.0 Å². The van der Waals surface area contributed by atoms with Crippen LogP contribution in [0.3, 0.4) is 0 Å². The Morgan fingerprint density at radius 1 is 1.38 bits per heavy atom. The number of aromatic nitrogens is 1. The summed E-state index contributed by atoms with van der Waals surface area (Å²) in [4.78, 5) is 26.8.